The van der Waals surface area contributed by atoms with Crippen molar-refractivity contribution in [3.8, 4) is 40.2 Å². The van der Waals surface area contributed by atoms with Gasteiger partial charge >= 0.3 is 0 Å². The summed E-state index contributed by atoms with van der Waals surface area (Å²) < 4.78 is 36.2. The first kappa shape index (κ1) is 38.3. The monoisotopic (exact) mass is 707 g/mol. The topological polar surface area (TPSA) is 92.4 Å². The summed E-state index contributed by atoms with van der Waals surface area (Å²) in [6.45, 7) is 14.3. The highest BCUT2D eigenvalue weighted by atomic mass is 16.5. The van der Waals surface area contributed by atoms with Crippen LogP contribution in [0, 0.1) is 12.8 Å². The molecule has 276 valence electrons. The standard InChI is InChI=1S/C36H37NO7.C8H16/c1-8-36(3,13-14-38)44-30-18-25-24(17-29(30)41-6)22-15-27(39-4)28(40-5)16-23(22)26-19-31(42-7)34-33(32(25)26)37-35(43-34)21-11-9-20(2)10-12-21;1-4-6-7-8(3)5-2/h9-12,15-19,38H,8,13-14H2,1-7H3;4,8H,1,5-7H2,2-3H3. The molecule has 0 saturated carbocycles. The first-order valence-electron chi connectivity index (χ1n) is 18.1. The molecule has 8 heteroatoms. The van der Waals surface area contributed by atoms with Gasteiger partial charge in [0.1, 0.15) is 11.1 Å². The van der Waals surface area contributed by atoms with E-state index in [1.165, 1.54) is 19.3 Å². The van der Waals surface area contributed by atoms with Gasteiger partial charge in [0, 0.05) is 24.0 Å². The molecule has 0 spiro atoms. The second-order valence-corrected chi connectivity index (χ2v) is 13.6. The Kier molecular flexibility index (Phi) is 12.2. The highest BCUT2D eigenvalue weighted by Crippen LogP contribution is 2.48. The summed E-state index contributed by atoms with van der Waals surface area (Å²) in [6.07, 6.45) is 6.95. The second-order valence-electron chi connectivity index (χ2n) is 13.6. The molecule has 5 aromatic carbocycles. The molecule has 6 rings (SSSR count). The maximum Gasteiger partial charge on any atom is 0.227 e. The number of allylic oxidation sites excluding steroid dienone is 1. The number of rotatable bonds is 14. The van der Waals surface area contributed by atoms with E-state index in [2.05, 4.69) is 20.4 Å². The first-order chi connectivity index (χ1) is 25.1. The van der Waals surface area contributed by atoms with Gasteiger partial charge in [-0.25, -0.2) is 4.98 Å². The molecule has 0 bridgehead atoms. The zero-order chi connectivity index (χ0) is 37.6. The van der Waals surface area contributed by atoms with Gasteiger partial charge in [-0.1, -0.05) is 51.0 Å². The van der Waals surface area contributed by atoms with Crippen LogP contribution in [0.1, 0.15) is 65.4 Å². The van der Waals surface area contributed by atoms with Crippen molar-refractivity contribution >= 4 is 43.4 Å². The Morgan fingerprint density at radius 3 is 1.83 bits per heavy atom. The number of methoxy groups -OCH3 is 4. The number of nitrogens with zero attached hydrogens (tertiary/aromatic N) is 1. The van der Waals surface area contributed by atoms with Crippen molar-refractivity contribution < 1.29 is 33.2 Å². The molecule has 52 heavy (non-hydrogen) atoms. The van der Waals surface area contributed by atoms with E-state index >= 15 is 0 Å². The van der Waals surface area contributed by atoms with Crippen LogP contribution in [-0.2, 0) is 0 Å². The maximum absolute atomic E-state index is 9.78. The molecule has 2 unspecified atom stereocenters. The number of aromatic nitrogens is 1. The maximum atomic E-state index is 9.78. The zero-order valence-corrected chi connectivity index (χ0v) is 32.1. The summed E-state index contributed by atoms with van der Waals surface area (Å²) in [6, 6.07) is 18.0. The smallest absolute Gasteiger partial charge is 0.227 e. The van der Waals surface area contributed by atoms with E-state index < -0.39 is 5.60 Å². The van der Waals surface area contributed by atoms with Gasteiger partial charge in [0.05, 0.1) is 28.4 Å². The minimum absolute atomic E-state index is 0.0105. The van der Waals surface area contributed by atoms with Crippen LogP contribution in [0.3, 0.4) is 0 Å². The number of aliphatic hydroxyl groups is 1. The van der Waals surface area contributed by atoms with Gasteiger partial charge in [-0.2, -0.15) is 0 Å². The molecule has 2 atom stereocenters. The number of hydrogen-bond acceptors (Lipinski definition) is 8. The van der Waals surface area contributed by atoms with Gasteiger partial charge in [-0.15, -0.1) is 6.58 Å². The van der Waals surface area contributed by atoms with Gasteiger partial charge in [0.25, 0.3) is 0 Å². The number of aryl methyl sites for hydroxylation is 1. The molecule has 8 nitrogen and oxygen atoms in total. The average Bonchev–Trinajstić information content (AvgIpc) is 3.62. The largest absolute Gasteiger partial charge is 0.493 e. The zero-order valence-electron chi connectivity index (χ0n) is 32.1. The van der Waals surface area contributed by atoms with Crippen molar-refractivity contribution in [1.82, 2.24) is 4.98 Å². The van der Waals surface area contributed by atoms with E-state index in [1.807, 2.05) is 81.4 Å². The third-order valence-electron chi connectivity index (χ3n) is 10.1. The molecule has 1 heterocycles. The molecule has 0 amide bonds. The number of ether oxygens (including phenoxy) is 5. The van der Waals surface area contributed by atoms with Crippen LogP contribution in [0.4, 0.5) is 0 Å². The van der Waals surface area contributed by atoms with Crippen molar-refractivity contribution in [2.45, 2.75) is 72.3 Å². The third-order valence-corrected chi connectivity index (χ3v) is 10.1. The minimum atomic E-state index is -0.593. The Morgan fingerprint density at radius 1 is 0.808 bits per heavy atom. The molecule has 1 aromatic heterocycles. The van der Waals surface area contributed by atoms with Crippen molar-refractivity contribution in [2.24, 2.45) is 5.92 Å². The number of benzene rings is 5. The molecule has 0 fully saturated rings. The van der Waals surface area contributed by atoms with E-state index in [9.17, 15) is 5.11 Å². The average molecular weight is 708 g/mol. The van der Waals surface area contributed by atoms with Crippen LogP contribution in [-0.4, -0.2) is 50.7 Å². The van der Waals surface area contributed by atoms with Crippen LogP contribution in [0.5, 0.6) is 28.7 Å². The Bertz CT molecular complexity index is 2170. The van der Waals surface area contributed by atoms with E-state index in [0.29, 0.717) is 58.6 Å². The molecule has 0 aliphatic carbocycles. The molecule has 0 aliphatic rings. The van der Waals surface area contributed by atoms with Gasteiger partial charge in [0.15, 0.2) is 34.3 Å². The van der Waals surface area contributed by atoms with E-state index in [4.69, 9.17) is 33.1 Å². The van der Waals surface area contributed by atoms with Crippen molar-refractivity contribution in [2.75, 3.05) is 35.0 Å². The van der Waals surface area contributed by atoms with Crippen LogP contribution >= 0.6 is 0 Å². The van der Waals surface area contributed by atoms with Gasteiger partial charge in [-0.3, -0.25) is 0 Å². The summed E-state index contributed by atoms with van der Waals surface area (Å²) in [5.41, 5.74) is 2.64. The third kappa shape index (κ3) is 7.63. The van der Waals surface area contributed by atoms with Crippen molar-refractivity contribution in [1.29, 1.82) is 0 Å². The molecule has 1 N–H and O–H groups in total. The fourth-order valence-corrected chi connectivity index (χ4v) is 6.47. The lowest BCUT2D eigenvalue weighted by molar-refractivity contribution is 0.0525. The highest BCUT2D eigenvalue weighted by molar-refractivity contribution is 6.32. The predicted molar refractivity (Wildman–Crippen MR) is 213 cm³/mol. The Hall–Kier alpha value is -4.95. The van der Waals surface area contributed by atoms with E-state index in [0.717, 1.165) is 49.4 Å². The van der Waals surface area contributed by atoms with Crippen LogP contribution in [0.25, 0.3) is 54.9 Å². The van der Waals surface area contributed by atoms with E-state index in [-0.39, 0.29) is 6.61 Å². The van der Waals surface area contributed by atoms with Gasteiger partial charge in [-0.05, 0) is 108 Å². The molecule has 6 aromatic rings. The lowest BCUT2D eigenvalue weighted by atomic mass is 9.92. The molecular weight excluding hydrogens is 654 g/mol. The number of oxazole rings is 1. The number of hydrogen-bond donors (Lipinski definition) is 1. The van der Waals surface area contributed by atoms with Crippen LogP contribution in [0.2, 0.25) is 0 Å². The van der Waals surface area contributed by atoms with Crippen molar-refractivity contribution in [3.63, 3.8) is 0 Å². The SMILES string of the molecule is C=CCCC(C)CC.CCC(C)(CCO)Oc1cc2c(cc1OC)c1cc(OC)c(OC)cc1c1cc(OC)c3oc(-c4ccc(C)cc4)nc3c21. The summed E-state index contributed by atoms with van der Waals surface area (Å²) in [5, 5.41) is 15.3. The Morgan fingerprint density at radius 2 is 1.33 bits per heavy atom. The Labute approximate surface area is 307 Å². The normalized spacial score (nSPS) is 13.0. The summed E-state index contributed by atoms with van der Waals surface area (Å²) in [5.74, 6) is 4.32. The molecule has 0 aliphatic heterocycles. The summed E-state index contributed by atoms with van der Waals surface area (Å²) >= 11 is 0. The second kappa shape index (κ2) is 16.6. The summed E-state index contributed by atoms with van der Waals surface area (Å²) in [7, 11) is 6.51. The lowest BCUT2D eigenvalue weighted by Crippen LogP contribution is -2.32. The molecular formula is C44H53NO7. The quantitative estimate of drug-likeness (QED) is 0.0883. The fourth-order valence-electron chi connectivity index (χ4n) is 6.47. The van der Waals surface area contributed by atoms with Gasteiger partial charge < -0.3 is 33.2 Å². The number of aliphatic hydroxyl groups excluding tert-OH is 1. The van der Waals surface area contributed by atoms with E-state index in [1.54, 1.807) is 28.4 Å². The lowest BCUT2D eigenvalue weighted by Gasteiger charge is -2.30. The predicted octanol–water partition coefficient (Wildman–Crippen LogP) is 11.2. The van der Waals surface area contributed by atoms with Crippen molar-refractivity contribution in [3.05, 3.63) is 72.8 Å². The minimum Gasteiger partial charge on any atom is -0.493 e. The van der Waals surface area contributed by atoms with Crippen LogP contribution in [0.15, 0.2) is 71.7 Å². The molecule has 0 radical (unpaired) electrons. The fraction of sp³-hybridized carbons (Fsp3) is 0.386. The van der Waals surface area contributed by atoms with Gasteiger partial charge in [0.2, 0.25) is 5.89 Å². The summed E-state index contributed by atoms with van der Waals surface area (Å²) in [4.78, 5) is 5.07. The first-order valence-corrected chi connectivity index (χ1v) is 18.1. The van der Waals surface area contributed by atoms with Crippen LogP contribution < -0.4 is 23.7 Å². The molecule has 0 saturated heterocycles. The Balaban J connectivity index is 0.000000587. The number of fused-ring (bicyclic) bond motifs is 8. The highest BCUT2D eigenvalue weighted by Gasteiger charge is 2.27.